The van der Waals surface area contributed by atoms with E-state index in [4.69, 9.17) is 4.74 Å². The minimum Gasteiger partial charge on any atom is -0.385 e. The number of hydrogen-bond donors (Lipinski definition) is 1. The average molecular weight is 190 g/mol. The molecule has 1 atom stereocenters. The van der Waals surface area contributed by atoms with Gasteiger partial charge in [-0.1, -0.05) is 12.1 Å². The van der Waals surface area contributed by atoms with Gasteiger partial charge in [-0.3, -0.25) is 0 Å². The lowest BCUT2D eigenvalue weighted by Gasteiger charge is -2.28. The second-order valence-corrected chi connectivity index (χ2v) is 7.85. The number of ether oxygens (including phenoxy) is 1. The van der Waals surface area contributed by atoms with Gasteiger partial charge in [0.05, 0.1) is 8.80 Å². The first-order valence-electron chi connectivity index (χ1n) is 4.45. The lowest BCUT2D eigenvalue weighted by atomic mass is 10.2. The fourth-order valence-electron chi connectivity index (χ4n) is 1.76. The van der Waals surface area contributed by atoms with Crippen LogP contribution in [0.2, 0.25) is 12.1 Å². The van der Waals surface area contributed by atoms with Crippen LogP contribution in [0.15, 0.2) is 0 Å². The molecular weight excluding hydrogens is 172 g/mol. The topological polar surface area (TPSA) is 9.23 Å². The van der Waals surface area contributed by atoms with Crippen molar-refractivity contribution < 1.29 is 4.74 Å². The van der Waals surface area contributed by atoms with E-state index in [0.29, 0.717) is 11.0 Å². The third-order valence-electron chi connectivity index (χ3n) is 2.78. The lowest BCUT2D eigenvalue weighted by molar-refractivity contribution is 0.174. The normalized spacial score (nSPS) is 35.2. The highest BCUT2D eigenvalue weighted by Crippen LogP contribution is 2.25. The van der Waals surface area contributed by atoms with Crippen LogP contribution < -0.4 is 0 Å². The molecule has 1 fully saturated rings. The zero-order valence-electron chi connectivity index (χ0n) is 7.42. The van der Waals surface area contributed by atoms with Gasteiger partial charge in [-0.2, -0.15) is 12.6 Å². The average Bonchev–Trinajstić information content (AvgIpc) is 2.05. The van der Waals surface area contributed by atoms with Crippen molar-refractivity contribution in [1.29, 1.82) is 0 Å². The molecule has 1 nitrogen and oxygen atoms in total. The van der Waals surface area contributed by atoms with E-state index in [-0.39, 0.29) is 0 Å². The molecule has 0 spiro atoms. The van der Waals surface area contributed by atoms with Crippen LogP contribution in [0.25, 0.3) is 0 Å². The number of hydrogen-bond acceptors (Lipinski definition) is 2. The summed E-state index contributed by atoms with van der Waals surface area (Å²) in [5.74, 6) is 0. The van der Waals surface area contributed by atoms with Crippen LogP contribution in [0.5, 0.6) is 0 Å². The smallest absolute Gasteiger partial charge is 0.0714 e. The molecule has 0 aromatic carbocycles. The minimum absolute atomic E-state index is 0.530. The van der Waals surface area contributed by atoms with Gasteiger partial charge in [-0.05, 0) is 19.8 Å². The monoisotopic (exact) mass is 190 g/mol. The van der Waals surface area contributed by atoms with Gasteiger partial charge in [0.2, 0.25) is 0 Å². The lowest BCUT2D eigenvalue weighted by Crippen LogP contribution is -2.33. The maximum Gasteiger partial charge on any atom is 0.0714 e. The molecule has 1 aliphatic rings. The minimum atomic E-state index is -0.530. The number of methoxy groups -OCH3 is 1. The van der Waals surface area contributed by atoms with Crippen LogP contribution in [0.1, 0.15) is 19.8 Å². The zero-order valence-corrected chi connectivity index (χ0v) is 9.47. The Labute approximate surface area is 76.5 Å². The van der Waals surface area contributed by atoms with Crippen molar-refractivity contribution in [2.24, 2.45) is 0 Å². The van der Waals surface area contributed by atoms with Gasteiger partial charge in [-0.15, -0.1) is 0 Å². The molecule has 66 valence electrons. The first kappa shape index (κ1) is 9.61. The Balaban J connectivity index is 2.27. The summed E-state index contributed by atoms with van der Waals surface area (Å²) in [6.07, 6.45) is 2.65. The summed E-state index contributed by atoms with van der Waals surface area (Å²) in [5, 5.41) is 0.683. The molecule has 0 saturated carbocycles. The molecule has 0 bridgehead atoms. The SMILES string of the molecule is COC(C)[SiH]1CCC(S)CC1. The summed E-state index contributed by atoms with van der Waals surface area (Å²) in [4.78, 5) is 0. The standard InChI is InChI=1S/C8H18OSSi/c1-7(9-2)11-5-3-8(10)4-6-11/h7-8,10-11H,3-6H2,1-2H3. The highest BCUT2D eigenvalue weighted by atomic mass is 32.1. The van der Waals surface area contributed by atoms with Crippen LogP contribution >= 0.6 is 12.6 Å². The summed E-state index contributed by atoms with van der Waals surface area (Å²) in [7, 11) is 1.31. The van der Waals surface area contributed by atoms with Crippen LogP contribution in [0.3, 0.4) is 0 Å². The second kappa shape index (κ2) is 4.53. The van der Waals surface area contributed by atoms with Gasteiger partial charge in [0.15, 0.2) is 0 Å². The molecule has 0 aliphatic carbocycles. The maximum absolute atomic E-state index is 5.36. The van der Waals surface area contributed by atoms with Crippen LogP contribution in [-0.2, 0) is 4.74 Å². The fourth-order valence-corrected chi connectivity index (χ4v) is 5.90. The molecule has 0 radical (unpaired) electrons. The molecule has 1 saturated heterocycles. The maximum atomic E-state index is 5.36. The Kier molecular flexibility index (Phi) is 3.96. The molecule has 11 heavy (non-hydrogen) atoms. The quantitative estimate of drug-likeness (QED) is 0.517. The van der Waals surface area contributed by atoms with Crippen molar-refractivity contribution in [3.05, 3.63) is 0 Å². The van der Waals surface area contributed by atoms with E-state index in [1.807, 2.05) is 7.11 Å². The Hall–Kier alpha value is 0.527. The number of rotatable bonds is 2. The van der Waals surface area contributed by atoms with E-state index in [9.17, 15) is 0 Å². The molecule has 0 amide bonds. The summed E-state index contributed by atoms with van der Waals surface area (Å²) >= 11 is 4.48. The summed E-state index contributed by atoms with van der Waals surface area (Å²) in [5.41, 5.74) is 0.579. The Morgan fingerprint density at radius 3 is 2.45 bits per heavy atom. The number of thiol groups is 1. The van der Waals surface area contributed by atoms with Crippen molar-refractivity contribution in [2.45, 2.75) is 42.8 Å². The van der Waals surface area contributed by atoms with Gasteiger partial charge >= 0.3 is 0 Å². The van der Waals surface area contributed by atoms with E-state index < -0.39 is 8.80 Å². The second-order valence-electron chi connectivity index (χ2n) is 3.51. The van der Waals surface area contributed by atoms with Gasteiger partial charge in [0, 0.05) is 18.1 Å². The summed E-state index contributed by atoms with van der Waals surface area (Å²) in [6, 6.07) is 2.87. The highest BCUT2D eigenvalue weighted by Gasteiger charge is 2.24. The van der Waals surface area contributed by atoms with Gasteiger partial charge in [0.1, 0.15) is 0 Å². The Morgan fingerprint density at radius 2 is 2.00 bits per heavy atom. The van der Waals surface area contributed by atoms with Crippen LogP contribution in [0, 0.1) is 0 Å². The zero-order chi connectivity index (χ0) is 8.27. The van der Waals surface area contributed by atoms with Gasteiger partial charge < -0.3 is 4.74 Å². The highest BCUT2D eigenvalue weighted by molar-refractivity contribution is 7.81. The van der Waals surface area contributed by atoms with Crippen LogP contribution in [-0.4, -0.2) is 26.9 Å². The van der Waals surface area contributed by atoms with Gasteiger partial charge in [-0.25, -0.2) is 0 Å². The van der Waals surface area contributed by atoms with E-state index in [1.54, 1.807) is 0 Å². The molecule has 1 heterocycles. The molecular formula is C8H18OSSi. The van der Waals surface area contributed by atoms with Crippen molar-refractivity contribution in [3.8, 4) is 0 Å². The first-order valence-corrected chi connectivity index (χ1v) is 7.26. The molecule has 1 unspecified atom stereocenters. The van der Waals surface area contributed by atoms with Crippen molar-refractivity contribution >= 4 is 21.4 Å². The molecule has 3 heteroatoms. The summed E-state index contributed by atoms with van der Waals surface area (Å²) < 4.78 is 5.36. The molecule has 0 aromatic heterocycles. The predicted molar refractivity (Wildman–Crippen MR) is 55.2 cm³/mol. The van der Waals surface area contributed by atoms with E-state index in [0.717, 1.165) is 0 Å². The Morgan fingerprint density at radius 1 is 1.45 bits per heavy atom. The predicted octanol–water partition coefficient (Wildman–Crippen LogP) is 1.88. The van der Waals surface area contributed by atoms with Crippen molar-refractivity contribution in [1.82, 2.24) is 0 Å². The van der Waals surface area contributed by atoms with Crippen LogP contribution in [0.4, 0.5) is 0 Å². The first-order chi connectivity index (χ1) is 5.24. The van der Waals surface area contributed by atoms with E-state index >= 15 is 0 Å². The molecule has 1 aliphatic heterocycles. The van der Waals surface area contributed by atoms with Crippen molar-refractivity contribution in [2.75, 3.05) is 7.11 Å². The largest absolute Gasteiger partial charge is 0.385 e. The third-order valence-corrected chi connectivity index (χ3v) is 7.04. The van der Waals surface area contributed by atoms with E-state index in [1.165, 1.54) is 24.9 Å². The van der Waals surface area contributed by atoms with Crippen molar-refractivity contribution in [3.63, 3.8) is 0 Å². The molecule has 0 aromatic rings. The molecule has 1 rings (SSSR count). The van der Waals surface area contributed by atoms with Gasteiger partial charge in [0.25, 0.3) is 0 Å². The molecule has 0 N–H and O–H groups in total. The third kappa shape index (κ3) is 2.80. The fraction of sp³-hybridized carbons (Fsp3) is 1.00. The summed E-state index contributed by atoms with van der Waals surface area (Å²) in [6.45, 7) is 2.23. The van der Waals surface area contributed by atoms with E-state index in [2.05, 4.69) is 19.6 Å². The Bertz CT molecular complexity index is 113.